The van der Waals surface area contributed by atoms with Gasteiger partial charge in [-0.3, -0.25) is 4.18 Å². The van der Waals surface area contributed by atoms with Gasteiger partial charge >= 0.3 is 29.6 Å². The Kier molecular flexibility index (Phi) is 8.18. The second kappa shape index (κ2) is 9.62. The standard InChI is InChI=1S/C24H42O4S.Na/c1-17(7-6-16-28-29(25,26)27)20-11-12-21-19-10-9-18-8-4-5-14-23(18,2)22(19)13-15-24(20,21)3;/h17-22H,4-16H2,1-3H3,(H,25,26,27);/q;+1/p-1/t17-,18+,19+,20-,21+,22+,23+,24-;/m1./s1. The third-order valence-corrected chi connectivity index (χ3v) is 10.8. The minimum absolute atomic E-state index is 0. The van der Waals surface area contributed by atoms with E-state index in [-0.39, 0.29) is 36.2 Å². The average molecular weight is 449 g/mol. The van der Waals surface area contributed by atoms with Crippen molar-refractivity contribution in [3.63, 3.8) is 0 Å². The van der Waals surface area contributed by atoms with Crippen molar-refractivity contribution in [2.45, 2.75) is 97.8 Å². The molecule has 8 atom stereocenters. The molecule has 4 aliphatic carbocycles. The zero-order chi connectivity index (χ0) is 20.9. The molecule has 0 amide bonds. The summed E-state index contributed by atoms with van der Waals surface area (Å²) >= 11 is 0. The van der Waals surface area contributed by atoms with Gasteiger partial charge in [-0.1, -0.05) is 33.6 Å². The van der Waals surface area contributed by atoms with Gasteiger partial charge in [0.05, 0.1) is 6.61 Å². The smallest absolute Gasteiger partial charge is 0.726 e. The minimum atomic E-state index is -4.55. The number of fused-ring (bicyclic) bond motifs is 5. The molecule has 0 unspecified atom stereocenters. The molecule has 0 aliphatic heterocycles. The van der Waals surface area contributed by atoms with E-state index in [1.807, 2.05) is 0 Å². The van der Waals surface area contributed by atoms with Crippen LogP contribution in [-0.4, -0.2) is 19.6 Å². The van der Waals surface area contributed by atoms with Crippen LogP contribution in [0, 0.1) is 46.3 Å². The maximum Gasteiger partial charge on any atom is 1.00 e. The van der Waals surface area contributed by atoms with Gasteiger partial charge in [-0.05, 0) is 111 Å². The Morgan fingerprint density at radius 2 is 1.70 bits per heavy atom. The fourth-order valence-electron chi connectivity index (χ4n) is 9.04. The van der Waals surface area contributed by atoms with Gasteiger partial charge in [-0.2, -0.15) is 0 Å². The number of rotatable bonds is 6. The van der Waals surface area contributed by atoms with Crippen LogP contribution in [0.25, 0.3) is 0 Å². The third kappa shape index (κ3) is 4.73. The summed E-state index contributed by atoms with van der Waals surface area (Å²) in [6.45, 7) is 7.61. The van der Waals surface area contributed by atoms with E-state index in [9.17, 15) is 13.0 Å². The quantitative estimate of drug-likeness (QED) is 0.271. The molecule has 4 nitrogen and oxygen atoms in total. The Morgan fingerprint density at radius 1 is 0.967 bits per heavy atom. The van der Waals surface area contributed by atoms with Gasteiger partial charge in [0.25, 0.3) is 0 Å². The monoisotopic (exact) mass is 448 g/mol. The summed E-state index contributed by atoms with van der Waals surface area (Å²) in [7, 11) is -4.55. The maximum absolute atomic E-state index is 10.7. The van der Waals surface area contributed by atoms with E-state index in [1.54, 1.807) is 0 Å². The molecule has 0 aromatic carbocycles. The van der Waals surface area contributed by atoms with Gasteiger partial charge in [0.1, 0.15) is 0 Å². The molecule has 0 aromatic rings. The van der Waals surface area contributed by atoms with Crippen LogP contribution in [0.4, 0.5) is 0 Å². The van der Waals surface area contributed by atoms with Crippen LogP contribution in [-0.2, 0) is 14.6 Å². The van der Waals surface area contributed by atoms with Gasteiger partial charge in [-0.25, -0.2) is 8.42 Å². The summed E-state index contributed by atoms with van der Waals surface area (Å²) in [6.07, 6.45) is 15.9. The van der Waals surface area contributed by atoms with Crippen LogP contribution in [0.1, 0.15) is 97.8 Å². The van der Waals surface area contributed by atoms with Crippen LogP contribution < -0.4 is 29.6 Å². The predicted octanol–water partition coefficient (Wildman–Crippen LogP) is 2.93. The van der Waals surface area contributed by atoms with Crippen molar-refractivity contribution in [2.24, 2.45) is 46.3 Å². The molecule has 4 aliphatic rings. The van der Waals surface area contributed by atoms with E-state index in [4.69, 9.17) is 0 Å². The van der Waals surface area contributed by atoms with E-state index >= 15 is 0 Å². The largest absolute Gasteiger partial charge is 1.00 e. The first kappa shape index (κ1) is 25.5. The van der Waals surface area contributed by atoms with Crippen LogP contribution in [0.15, 0.2) is 0 Å². The van der Waals surface area contributed by atoms with Crippen molar-refractivity contribution >= 4 is 10.4 Å². The fraction of sp³-hybridized carbons (Fsp3) is 1.00. The SMILES string of the molecule is C[C@H](CCCOS(=O)(=O)[O-])[C@H]1CC[C@H]2[C@@H]3CC[C@@H]4CCCC[C@]4(C)[C@H]3CC[C@]12C.[Na+]. The molecule has 4 fully saturated rings. The van der Waals surface area contributed by atoms with Crippen molar-refractivity contribution in [2.75, 3.05) is 6.61 Å². The Morgan fingerprint density at radius 3 is 2.43 bits per heavy atom. The van der Waals surface area contributed by atoms with Gasteiger partial charge < -0.3 is 4.55 Å². The van der Waals surface area contributed by atoms with Gasteiger partial charge in [0, 0.05) is 0 Å². The summed E-state index contributed by atoms with van der Waals surface area (Å²) in [5.41, 5.74) is 1.05. The van der Waals surface area contributed by atoms with E-state index in [0.29, 0.717) is 23.2 Å². The summed E-state index contributed by atoms with van der Waals surface area (Å²) in [5, 5.41) is 0. The van der Waals surface area contributed by atoms with E-state index in [1.165, 1.54) is 64.2 Å². The van der Waals surface area contributed by atoms with Crippen LogP contribution >= 0.6 is 0 Å². The molecule has 0 spiro atoms. The Hall–Kier alpha value is 0.870. The first-order chi connectivity index (χ1) is 13.7. The molecular formula is C24H41NaO4S. The van der Waals surface area contributed by atoms with Crippen LogP contribution in [0.5, 0.6) is 0 Å². The van der Waals surface area contributed by atoms with E-state index in [0.717, 1.165) is 36.0 Å². The molecule has 0 bridgehead atoms. The molecule has 0 radical (unpaired) electrons. The van der Waals surface area contributed by atoms with E-state index in [2.05, 4.69) is 25.0 Å². The molecule has 0 aromatic heterocycles. The van der Waals surface area contributed by atoms with Crippen molar-refractivity contribution in [1.82, 2.24) is 0 Å². The first-order valence-corrected chi connectivity index (χ1v) is 13.6. The number of hydrogen-bond acceptors (Lipinski definition) is 4. The van der Waals surface area contributed by atoms with Gasteiger partial charge in [0.15, 0.2) is 0 Å². The van der Waals surface area contributed by atoms with Crippen LogP contribution in [0.3, 0.4) is 0 Å². The zero-order valence-electron chi connectivity index (χ0n) is 19.7. The van der Waals surface area contributed by atoms with Gasteiger partial charge in [0.2, 0.25) is 10.4 Å². The molecular weight excluding hydrogens is 407 g/mol. The normalized spacial score (nSPS) is 44.3. The fourth-order valence-corrected chi connectivity index (χ4v) is 9.36. The van der Waals surface area contributed by atoms with Gasteiger partial charge in [-0.15, -0.1) is 0 Å². The average Bonchev–Trinajstić information content (AvgIpc) is 3.01. The minimum Gasteiger partial charge on any atom is -0.726 e. The summed E-state index contributed by atoms with van der Waals surface area (Å²) in [5.74, 6) is 5.04. The molecule has 30 heavy (non-hydrogen) atoms. The maximum atomic E-state index is 10.7. The molecule has 168 valence electrons. The Balaban J connectivity index is 0.00000256. The second-order valence-corrected chi connectivity index (χ2v) is 12.5. The predicted molar refractivity (Wildman–Crippen MR) is 114 cm³/mol. The van der Waals surface area contributed by atoms with Crippen molar-refractivity contribution in [1.29, 1.82) is 0 Å². The van der Waals surface area contributed by atoms with Crippen molar-refractivity contribution < 1.29 is 46.7 Å². The number of hydrogen-bond donors (Lipinski definition) is 0. The molecule has 4 rings (SSSR count). The molecule has 6 heteroatoms. The molecule has 4 saturated carbocycles. The molecule has 0 heterocycles. The summed E-state index contributed by atoms with van der Waals surface area (Å²) in [6, 6.07) is 0. The summed E-state index contributed by atoms with van der Waals surface area (Å²) < 4.78 is 36.4. The molecule has 0 saturated heterocycles. The zero-order valence-corrected chi connectivity index (χ0v) is 22.5. The Bertz CT molecular complexity index is 697. The van der Waals surface area contributed by atoms with Crippen LogP contribution in [0.2, 0.25) is 0 Å². The molecule has 0 N–H and O–H groups in total. The Labute approximate surface area is 206 Å². The van der Waals surface area contributed by atoms with E-state index < -0.39 is 10.4 Å². The first-order valence-electron chi connectivity index (χ1n) is 12.3. The summed E-state index contributed by atoms with van der Waals surface area (Å²) in [4.78, 5) is 0. The van der Waals surface area contributed by atoms with Crippen molar-refractivity contribution in [3.05, 3.63) is 0 Å². The topological polar surface area (TPSA) is 66.4 Å². The second-order valence-electron chi connectivity index (χ2n) is 11.5. The third-order valence-electron chi connectivity index (χ3n) is 10.4. The van der Waals surface area contributed by atoms with Crippen molar-refractivity contribution in [3.8, 4) is 0 Å².